The Morgan fingerprint density at radius 1 is 1.11 bits per heavy atom. The number of fused-ring (bicyclic) bond motifs is 1. The van der Waals surface area contributed by atoms with Crippen LogP contribution in [0.1, 0.15) is 5.56 Å². The van der Waals surface area contributed by atoms with Gasteiger partial charge < -0.3 is 5.32 Å². The van der Waals surface area contributed by atoms with Gasteiger partial charge in [-0.3, -0.25) is 14.2 Å². The molecule has 0 aliphatic rings. The van der Waals surface area contributed by atoms with Gasteiger partial charge in [-0.2, -0.15) is 0 Å². The average molecular weight is 395 g/mol. The summed E-state index contributed by atoms with van der Waals surface area (Å²) in [6, 6.07) is 16.4. The first-order valence-electron chi connectivity index (χ1n) is 8.48. The van der Waals surface area contributed by atoms with Crippen LogP contribution >= 0.6 is 11.6 Å². The van der Waals surface area contributed by atoms with Crippen LogP contribution in [0, 0.1) is 0 Å². The number of benzene rings is 2. The van der Waals surface area contributed by atoms with E-state index in [9.17, 15) is 9.59 Å². The van der Waals surface area contributed by atoms with Crippen molar-refractivity contribution in [3.8, 4) is 0 Å². The second kappa shape index (κ2) is 7.61. The number of nitrogens with one attached hydrogen (secondary N) is 1. The Labute approximate surface area is 164 Å². The van der Waals surface area contributed by atoms with Gasteiger partial charge in [0.05, 0.1) is 6.54 Å². The largest absolute Gasteiger partial charge is 0.324 e. The van der Waals surface area contributed by atoms with Gasteiger partial charge in [0, 0.05) is 10.7 Å². The summed E-state index contributed by atoms with van der Waals surface area (Å²) in [5.74, 6) is -0.373. The van der Waals surface area contributed by atoms with E-state index >= 15 is 0 Å². The highest BCUT2D eigenvalue weighted by molar-refractivity contribution is 6.30. The maximum Gasteiger partial charge on any atom is 0.283 e. The fraction of sp³-hybridized carbons (Fsp3) is 0.105. The van der Waals surface area contributed by atoms with Gasteiger partial charge in [-0.1, -0.05) is 53.2 Å². The molecule has 4 rings (SSSR count). The lowest BCUT2D eigenvalue weighted by molar-refractivity contribution is -0.116. The highest BCUT2D eigenvalue weighted by Gasteiger charge is 2.14. The number of carbonyl (C=O) groups is 1. The maximum atomic E-state index is 12.6. The molecule has 0 fully saturated rings. The number of amides is 1. The molecule has 0 aliphatic heterocycles. The number of nitrogens with zero attached hydrogens (tertiary/aromatic N) is 5. The number of aromatic nitrogens is 5. The van der Waals surface area contributed by atoms with Crippen LogP contribution in [0.5, 0.6) is 0 Å². The zero-order valence-electron chi connectivity index (χ0n) is 14.6. The molecule has 140 valence electrons. The molecule has 0 spiro atoms. The third kappa shape index (κ3) is 3.77. The van der Waals surface area contributed by atoms with Gasteiger partial charge in [0.1, 0.15) is 12.9 Å². The fourth-order valence-electron chi connectivity index (χ4n) is 2.78. The number of hydrogen-bond acceptors (Lipinski definition) is 5. The SMILES string of the molecule is O=C(Cn1cnc2c(nnn2Cc2ccccc2)c1=O)Nc1cccc(Cl)c1. The van der Waals surface area contributed by atoms with Crippen molar-refractivity contribution >= 4 is 34.4 Å². The first-order chi connectivity index (χ1) is 13.6. The summed E-state index contributed by atoms with van der Waals surface area (Å²) in [7, 11) is 0. The van der Waals surface area contributed by atoms with Crippen molar-refractivity contribution in [2.24, 2.45) is 0 Å². The summed E-state index contributed by atoms with van der Waals surface area (Å²) < 4.78 is 2.76. The van der Waals surface area contributed by atoms with E-state index in [1.807, 2.05) is 30.3 Å². The first-order valence-corrected chi connectivity index (χ1v) is 8.86. The molecule has 0 unspecified atom stereocenters. The Morgan fingerprint density at radius 3 is 2.71 bits per heavy atom. The van der Waals surface area contributed by atoms with E-state index in [0.29, 0.717) is 22.9 Å². The van der Waals surface area contributed by atoms with Crippen LogP contribution in [0.4, 0.5) is 5.69 Å². The molecule has 0 aliphatic carbocycles. The normalized spacial score (nSPS) is 10.9. The predicted molar refractivity (Wildman–Crippen MR) is 105 cm³/mol. The first kappa shape index (κ1) is 17.9. The minimum Gasteiger partial charge on any atom is -0.324 e. The fourth-order valence-corrected chi connectivity index (χ4v) is 2.97. The minimum atomic E-state index is -0.425. The van der Waals surface area contributed by atoms with Gasteiger partial charge in [0.15, 0.2) is 11.2 Å². The summed E-state index contributed by atoms with van der Waals surface area (Å²) >= 11 is 5.91. The molecule has 0 radical (unpaired) electrons. The highest BCUT2D eigenvalue weighted by atomic mass is 35.5. The molecule has 28 heavy (non-hydrogen) atoms. The molecular formula is C19H15ClN6O2. The van der Waals surface area contributed by atoms with Crippen molar-refractivity contribution in [1.82, 2.24) is 24.5 Å². The zero-order valence-corrected chi connectivity index (χ0v) is 15.4. The molecule has 8 nitrogen and oxygen atoms in total. The van der Waals surface area contributed by atoms with E-state index in [1.165, 1.54) is 10.9 Å². The van der Waals surface area contributed by atoms with Crippen LogP contribution in [0.25, 0.3) is 11.2 Å². The lowest BCUT2D eigenvalue weighted by Crippen LogP contribution is -2.28. The van der Waals surface area contributed by atoms with E-state index in [1.54, 1.807) is 28.9 Å². The summed E-state index contributed by atoms with van der Waals surface area (Å²) in [6.07, 6.45) is 1.33. The second-order valence-electron chi connectivity index (χ2n) is 6.14. The van der Waals surface area contributed by atoms with Gasteiger partial charge in [0.2, 0.25) is 5.91 Å². The average Bonchev–Trinajstić information content (AvgIpc) is 3.08. The van der Waals surface area contributed by atoms with Gasteiger partial charge in [-0.15, -0.1) is 5.10 Å². The number of anilines is 1. The Bertz CT molecular complexity index is 1200. The summed E-state index contributed by atoms with van der Waals surface area (Å²) in [5, 5.41) is 11.2. The molecular weight excluding hydrogens is 380 g/mol. The van der Waals surface area contributed by atoms with Crippen LogP contribution in [-0.4, -0.2) is 30.5 Å². The molecule has 1 N–H and O–H groups in total. The number of carbonyl (C=O) groups excluding carboxylic acids is 1. The lowest BCUT2D eigenvalue weighted by Gasteiger charge is -2.07. The van der Waals surface area contributed by atoms with Crippen molar-refractivity contribution in [1.29, 1.82) is 0 Å². The Kier molecular flexibility index (Phi) is 4.86. The van der Waals surface area contributed by atoms with Crippen molar-refractivity contribution in [3.05, 3.63) is 81.9 Å². The molecule has 4 aromatic rings. The van der Waals surface area contributed by atoms with Crippen LogP contribution in [0.3, 0.4) is 0 Å². The van der Waals surface area contributed by atoms with Gasteiger partial charge >= 0.3 is 0 Å². The zero-order chi connectivity index (χ0) is 19.5. The van der Waals surface area contributed by atoms with Gasteiger partial charge in [-0.05, 0) is 23.8 Å². The summed E-state index contributed by atoms with van der Waals surface area (Å²) in [6.45, 7) is 0.253. The molecule has 2 aromatic heterocycles. The molecule has 0 saturated heterocycles. The Morgan fingerprint density at radius 2 is 1.93 bits per heavy atom. The van der Waals surface area contributed by atoms with Crippen LogP contribution in [0.2, 0.25) is 5.02 Å². The van der Waals surface area contributed by atoms with Crippen molar-refractivity contribution < 1.29 is 4.79 Å². The molecule has 0 atom stereocenters. The monoisotopic (exact) mass is 394 g/mol. The third-order valence-electron chi connectivity index (χ3n) is 4.09. The quantitative estimate of drug-likeness (QED) is 0.560. The topological polar surface area (TPSA) is 94.7 Å². The minimum absolute atomic E-state index is 0.119. The number of halogens is 1. The van der Waals surface area contributed by atoms with Crippen LogP contribution in [0.15, 0.2) is 65.7 Å². The number of rotatable bonds is 5. The van der Waals surface area contributed by atoms with E-state index in [-0.39, 0.29) is 18.0 Å². The molecule has 1 amide bonds. The predicted octanol–water partition coefficient (Wildman–Crippen LogP) is 2.33. The molecule has 0 saturated carbocycles. The number of hydrogen-bond donors (Lipinski definition) is 1. The van der Waals surface area contributed by atoms with Crippen LogP contribution in [-0.2, 0) is 17.9 Å². The van der Waals surface area contributed by atoms with Crippen molar-refractivity contribution in [2.45, 2.75) is 13.1 Å². The van der Waals surface area contributed by atoms with E-state index in [2.05, 4.69) is 20.6 Å². The van der Waals surface area contributed by atoms with Gasteiger partial charge in [0.25, 0.3) is 5.56 Å². The highest BCUT2D eigenvalue weighted by Crippen LogP contribution is 2.14. The maximum absolute atomic E-state index is 12.6. The summed E-state index contributed by atoms with van der Waals surface area (Å²) in [5.41, 5.74) is 1.63. The molecule has 2 aromatic carbocycles. The Hall–Kier alpha value is -3.52. The lowest BCUT2D eigenvalue weighted by atomic mass is 10.2. The second-order valence-corrected chi connectivity index (χ2v) is 6.58. The van der Waals surface area contributed by atoms with E-state index in [4.69, 9.17) is 11.6 Å². The smallest absolute Gasteiger partial charge is 0.283 e. The third-order valence-corrected chi connectivity index (χ3v) is 4.32. The molecule has 2 heterocycles. The van der Waals surface area contributed by atoms with E-state index in [0.717, 1.165) is 5.56 Å². The van der Waals surface area contributed by atoms with Crippen molar-refractivity contribution in [3.63, 3.8) is 0 Å². The van der Waals surface area contributed by atoms with Crippen molar-refractivity contribution in [2.75, 3.05) is 5.32 Å². The standard InChI is InChI=1S/C19H15ClN6O2/c20-14-7-4-8-15(9-14)22-16(27)11-25-12-21-18-17(19(25)28)23-24-26(18)10-13-5-2-1-3-6-13/h1-9,12H,10-11H2,(H,22,27). The van der Waals surface area contributed by atoms with E-state index < -0.39 is 5.56 Å². The van der Waals surface area contributed by atoms with Crippen LogP contribution < -0.4 is 10.9 Å². The molecule has 9 heteroatoms. The summed E-state index contributed by atoms with van der Waals surface area (Å²) in [4.78, 5) is 29.2. The molecule has 0 bridgehead atoms. The Balaban J connectivity index is 1.55. The van der Waals surface area contributed by atoms with Gasteiger partial charge in [-0.25, -0.2) is 9.67 Å².